The van der Waals surface area contributed by atoms with E-state index in [1.54, 1.807) is 7.05 Å². The summed E-state index contributed by atoms with van der Waals surface area (Å²) in [7, 11) is -1.56. The third-order valence-corrected chi connectivity index (χ3v) is 4.66. The van der Waals surface area contributed by atoms with Gasteiger partial charge in [-0.05, 0) is 25.7 Å². The molecule has 1 unspecified atom stereocenters. The van der Waals surface area contributed by atoms with Crippen LogP contribution < -0.4 is 0 Å². The maximum Gasteiger partial charge on any atom is 0.211 e. The lowest BCUT2D eigenvalue weighted by Crippen LogP contribution is -2.48. The Morgan fingerprint density at radius 1 is 1.29 bits per heavy atom. The molecule has 0 aliphatic rings. The maximum absolute atomic E-state index is 11.7. The van der Waals surface area contributed by atoms with E-state index < -0.39 is 10.0 Å². The molecule has 104 valence electrons. The van der Waals surface area contributed by atoms with Crippen molar-refractivity contribution >= 4 is 10.0 Å². The zero-order valence-corrected chi connectivity index (χ0v) is 13.0. The summed E-state index contributed by atoms with van der Waals surface area (Å²) in [5.41, 5.74) is -0.104. The first kappa shape index (κ1) is 16.9. The van der Waals surface area contributed by atoms with Gasteiger partial charge >= 0.3 is 0 Å². The number of sulfonamides is 1. The molecule has 0 radical (unpaired) electrons. The second-order valence-corrected chi connectivity index (χ2v) is 7.56. The van der Waals surface area contributed by atoms with Gasteiger partial charge in [-0.25, -0.2) is 8.42 Å². The third-order valence-electron chi connectivity index (χ3n) is 3.36. The van der Waals surface area contributed by atoms with E-state index in [0.717, 1.165) is 6.42 Å². The van der Waals surface area contributed by atoms with Crippen molar-refractivity contribution in [2.75, 3.05) is 19.9 Å². The fourth-order valence-electron chi connectivity index (χ4n) is 1.57. The lowest BCUT2D eigenvalue weighted by Gasteiger charge is -2.38. The van der Waals surface area contributed by atoms with Crippen LogP contribution in [0.5, 0.6) is 0 Å². The Balaban J connectivity index is 4.99. The highest BCUT2D eigenvalue weighted by Crippen LogP contribution is 2.30. The summed E-state index contributed by atoms with van der Waals surface area (Å²) in [5.74, 6) is 0. The van der Waals surface area contributed by atoms with Crippen LogP contribution >= 0.6 is 0 Å². The van der Waals surface area contributed by atoms with Crippen molar-refractivity contribution in [1.82, 2.24) is 4.31 Å². The normalized spacial score (nSPS) is 15.6. The molecule has 0 aliphatic carbocycles. The quantitative estimate of drug-likeness (QED) is 0.708. The first-order valence-corrected chi connectivity index (χ1v) is 7.91. The summed E-state index contributed by atoms with van der Waals surface area (Å²) in [5, 5.41) is 0. The Morgan fingerprint density at radius 2 is 1.76 bits per heavy atom. The van der Waals surface area contributed by atoms with Crippen LogP contribution in [0.1, 0.15) is 41.0 Å². The molecule has 5 heteroatoms. The SMILES string of the molecule is CCC(C)(C)C(COC(C)C)N(C)S(C)(=O)=O. The topological polar surface area (TPSA) is 46.6 Å². The standard InChI is InChI=1S/C12H27NO3S/c1-8-12(4,5)11(9-16-10(2)3)13(6)17(7,14)15/h10-11H,8-9H2,1-7H3. The molecule has 0 aromatic rings. The lowest BCUT2D eigenvalue weighted by atomic mass is 9.82. The van der Waals surface area contributed by atoms with Gasteiger partial charge < -0.3 is 4.74 Å². The van der Waals surface area contributed by atoms with Gasteiger partial charge in [0.05, 0.1) is 25.0 Å². The molecule has 0 saturated heterocycles. The van der Waals surface area contributed by atoms with Gasteiger partial charge in [-0.1, -0.05) is 20.8 Å². The second-order valence-electron chi connectivity index (χ2n) is 5.52. The van der Waals surface area contributed by atoms with Crippen LogP contribution in [0.15, 0.2) is 0 Å². The first-order valence-electron chi connectivity index (χ1n) is 6.07. The Bertz CT molecular complexity index is 323. The molecule has 0 aromatic heterocycles. The largest absolute Gasteiger partial charge is 0.377 e. The molecule has 17 heavy (non-hydrogen) atoms. The molecule has 0 heterocycles. The van der Waals surface area contributed by atoms with Gasteiger partial charge in [0, 0.05) is 7.05 Å². The summed E-state index contributed by atoms with van der Waals surface area (Å²) >= 11 is 0. The molecule has 0 saturated carbocycles. The van der Waals surface area contributed by atoms with Crippen LogP contribution in [-0.2, 0) is 14.8 Å². The first-order chi connectivity index (χ1) is 7.52. The molecule has 1 atom stereocenters. The van der Waals surface area contributed by atoms with Crippen molar-refractivity contribution in [3.05, 3.63) is 0 Å². The molecule has 0 amide bonds. The summed E-state index contributed by atoms with van der Waals surface area (Å²) in [4.78, 5) is 0. The van der Waals surface area contributed by atoms with Crippen LogP contribution in [0, 0.1) is 5.41 Å². The molecular formula is C12H27NO3S. The van der Waals surface area contributed by atoms with E-state index in [4.69, 9.17) is 4.74 Å². The summed E-state index contributed by atoms with van der Waals surface area (Å²) in [6, 6.07) is -0.134. The smallest absolute Gasteiger partial charge is 0.211 e. The zero-order valence-electron chi connectivity index (χ0n) is 12.1. The number of ether oxygens (including phenoxy) is 1. The van der Waals surface area contributed by atoms with Crippen LogP contribution in [0.4, 0.5) is 0 Å². The van der Waals surface area contributed by atoms with Gasteiger partial charge in [0.25, 0.3) is 0 Å². The molecule has 0 fully saturated rings. The number of hydrogen-bond acceptors (Lipinski definition) is 3. The van der Waals surface area contributed by atoms with E-state index in [9.17, 15) is 8.42 Å². The van der Waals surface area contributed by atoms with Crippen LogP contribution in [0.2, 0.25) is 0 Å². The monoisotopic (exact) mass is 265 g/mol. The molecule has 4 nitrogen and oxygen atoms in total. The average Bonchev–Trinajstić information content (AvgIpc) is 2.15. The highest BCUT2D eigenvalue weighted by molar-refractivity contribution is 7.88. The summed E-state index contributed by atoms with van der Waals surface area (Å²) in [6.07, 6.45) is 2.25. The minimum atomic E-state index is -3.19. The van der Waals surface area contributed by atoms with E-state index in [-0.39, 0.29) is 17.6 Å². The van der Waals surface area contributed by atoms with Crippen molar-refractivity contribution in [3.63, 3.8) is 0 Å². The van der Waals surface area contributed by atoms with E-state index in [0.29, 0.717) is 6.61 Å². The van der Waals surface area contributed by atoms with Crippen LogP contribution in [0.3, 0.4) is 0 Å². The number of likely N-dealkylation sites (N-methyl/N-ethyl adjacent to an activating group) is 1. The molecule has 0 aromatic carbocycles. The molecular weight excluding hydrogens is 238 g/mol. The van der Waals surface area contributed by atoms with Gasteiger partial charge in [-0.3, -0.25) is 0 Å². The summed E-state index contributed by atoms with van der Waals surface area (Å²) in [6.45, 7) is 10.6. The molecule has 0 rings (SSSR count). The lowest BCUT2D eigenvalue weighted by molar-refractivity contribution is 0.0114. The number of nitrogens with zero attached hydrogens (tertiary/aromatic N) is 1. The third kappa shape index (κ3) is 5.36. The molecule has 0 bridgehead atoms. The van der Waals surface area contributed by atoms with Gasteiger partial charge in [0.1, 0.15) is 0 Å². The van der Waals surface area contributed by atoms with Crippen molar-refractivity contribution in [2.45, 2.75) is 53.2 Å². The zero-order chi connectivity index (χ0) is 13.9. The Kier molecular flexibility index (Phi) is 6.11. The van der Waals surface area contributed by atoms with Gasteiger partial charge in [-0.2, -0.15) is 4.31 Å². The van der Waals surface area contributed by atoms with E-state index in [1.165, 1.54) is 10.6 Å². The predicted molar refractivity (Wildman–Crippen MR) is 71.6 cm³/mol. The average molecular weight is 265 g/mol. The van der Waals surface area contributed by atoms with Gasteiger partial charge in [0.2, 0.25) is 10.0 Å². The number of hydrogen-bond donors (Lipinski definition) is 0. The second kappa shape index (κ2) is 6.16. The molecule has 0 N–H and O–H groups in total. The van der Waals surface area contributed by atoms with E-state index >= 15 is 0 Å². The van der Waals surface area contributed by atoms with E-state index in [2.05, 4.69) is 20.8 Å². The maximum atomic E-state index is 11.7. The molecule has 0 aliphatic heterocycles. The van der Waals surface area contributed by atoms with E-state index in [1.807, 2.05) is 13.8 Å². The van der Waals surface area contributed by atoms with Crippen LogP contribution in [-0.4, -0.2) is 44.8 Å². The Morgan fingerprint density at radius 3 is 2.06 bits per heavy atom. The minimum absolute atomic E-state index is 0.104. The number of rotatable bonds is 7. The Hall–Kier alpha value is -0.130. The van der Waals surface area contributed by atoms with Gasteiger partial charge in [-0.15, -0.1) is 0 Å². The van der Waals surface area contributed by atoms with Crippen molar-refractivity contribution in [2.24, 2.45) is 5.41 Å². The van der Waals surface area contributed by atoms with Crippen molar-refractivity contribution in [3.8, 4) is 0 Å². The van der Waals surface area contributed by atoms with Gasteiger partial charge in [0.15, 0.2) is 0 Å². The minimum Gasteiger partial charge on any atom is -0.377 e. The van der Waals surface area contributed by atoms with Crippen molar-refractivity contribution < 1.29 is 13.2 Å². The molecule has 0 spiro atoms. The summed E-state index contributed by atoms with van der Waals surface area (Å²) < 4.78 is 30.3. The Labute approximate surface area is 106 Å². The highest BCUT2D eigenvalue weighted by Gasteiger charge is 2.35. The fourth-order valence-corrected chi connectivity index (χ4v) is 2.38. The van der Waals surface area contributed by atoms with Crippen molar-refractivity contribution in [1.29, 1.82) is 0 Å². The predicted octanol–water partition coefficient (Wildman–Crippen LogP) is 2.11. The highest BCUT2D eigenvalue weighted by atomic mass is 32.2. The fraction of sp³-hybridized carbons (Fsp3) is 1.00. The van der Waals surface area contributed by atoms with Crippen LogP contribution in [0.25, 0.3) is 0 Å².